The summed E-state index contributed by atoms with van der Waals surface area (Å²) in [5, 5.41) is 0. The molecule has 0 saturated heterocycles. The predicted octanol–water partition coefficient (Wildman–Crippen LogP) is 6.56. The molecule has 0 aliphatic heterocycles. The van der Waals surface area contributed by atoms with Gasteiger partial charge in [-0.15, -0.1) is 0 Å². The van der Waals surface area contributed by atoms with Crippen molar-refractivity contribution in [3.63, 3.8) is 0 Å². The molecule has 104 valence electrons. The maximum Gasteiger partial charge on any atom is 0.0494 e. The molecule has 2 unspecified atom stereocenters. The van der Waals surface area contributed by atoms with Gasteiger partial charge in [-0.3, -0.25) is 0 Å². The maximum absolute atomic E-state index is 3.71. The van der Waals surface area contributed by atoms with Crippen molar-refractivity contribution in [2.24, 2.45) is 0 Å². The first-order valence-corrected chi connectivity index (χ1v) is 9.83. The fourth-order valence-electron chi connectivity index (χ4n) is 2.57. The minimum Gasteiger partial charge on any atom is -0.0829 e. The lowest BCUT2D eigenvalue weighted by Crippen LogP contribution is -2.15. The molecule has 3 rings (SSSR count). The Morgan fingerprint density at radius 3 is 2.35 bits per heavy atom. The van der Waals surface area contributed by atoms with E-state index < -0.39 is 0 Å². The van der Waals surface area contributed by atoms with Gasteiger partial charge in [0.05, 0.1) is 0 Å². The molecular formula is C16H12Br4. The van der Waals surface area contributed by atoms with Crippen LogP contribution in [0.3, 0.4) is 0 Å². The minimum atomic E-state index is 0.362. The van der Waals surface area contributed by atoms with Crippen LogP contribution in [0.1, 0.15) is 17.5 Å². The third kappa shape index (κ3) is 3.08. The van der Waals surface area contributed by atoms with E-state index in [2.05, 4.69) is 100 Å². The van der Waals surface area contributed by atoms with E-state index in [1.165, 1.54) is 22.3 Å². The largest absolute Gasteiger partial charge is 0.0829 e. The van der Waals surface area contributed by atoms with Crippen molar-refractivity contribution in [3.8, 4) is 0 Å². The Morgan fingerprint density at radius 1 is 0.850 bits per heavy atom. The maximum atomic E-state index is 3.71. The van der Waals surface area contributed by atoms with Crippen molar-refractivity contribution in [3.05, 3.63) is 61.6 Å². The molecule has 0 nitrogen and oxygen atoms in total. The Hall–Kier alpha value is 0.360. The SMILES string of the molecule is Brc1cc2c(cc1Br)CCC1=CC(Br)C(Br)C=C1/C=C\2. The molecule has 0 saturated carbocycles. The van der Waals surface area contributed by atoms with Gasteiger partial charge in [-0.25, -0.2) is 0 Å². The molecule has 0 bridgehead atoms. The number of hydrogen-bond acceptors (Lipinski definition) is 0. The van der Waals surface area contributed by atoms with E-state index in [0.717, 1.165) is 21.8 Å². The van der Waals surface area contributed by atoms with Gasteiger partial charge in [0.2, 0.25) is 0 Å². The van der Waals surface area contributed by atoms with Gasteiger partial charge in [-0.2, -0.15) is 0 Å². The second-order valence-electron chi connectivity index (χ2n) is 5.00. The molecule has 0 heterocycles. The van der Waals surface area contributed by atoms with Crippen molar-refractivity contribution in [2.45, 2.75) is 22.5 Å². The molecular weight excluding hydrogens is 512 g/mol. The van der Waals surface area contributed by atoms with Crippen LogP contribution in [0.15, 0.2) is 50.5 Å². The summed E-state index contributed by atoms with van der Waals surface area (Å²) in [4.78, 5) is 0.742. The predicted molar refractivity (Wildman–Crippen MR) is 101 cm³/mol. The summed E-state index contributed by atoms with van der Waals surface area (Å²) in [5.41, 5.74) is 5.46. The molecule has 4 heteroatoms. The molecule has 0 amide bonds. The normalized spacial score (nSPS) is 26.6. The van der Waals surface area contributed by atoms with Gasteiger partial charge in [-0.05, 0) is 79.1 Å². The average molecular weight is 524 g/mol. The zero-order valence-electron chi connectivity index (χ0n) is 10.5. The van der Waals surface area contributed by atoms with Gasteiger partial charge in [0.15, 0.2) is 0 Å². The van der Waals surface area contributed by atoms with Gasteiger partial charge in [0.25, 0.3) is 0 Å². The topological polar surface area (TPSA) is 0 Å². The quantitative estimate of drug-likeness (QED) is 0.338. The summed E-state index contributed by atoms with van der Waals surface area (Å²) in [6, 6.07) is 4.41. The summed E-state index contributed by atoms with van der Waals surface area (Å²) in [5.74, 6) is 0. The van der Waals surface area contributed by atoms with Gasteiger partial charge in [0.1, 0.15) is 0 Å². The van der Waals surface area contributed by atoms with Crippen LogP contribution in [-0.2, 0) is 6.42 Å². The molecule has 0 aromatic heterocycles. The number of aryl methyl sites for hydroxylation is 1. The van der Waals surface area contributed by atoms with Gasteiger partial charge < -0.3 is 0 Å². The van der Waals surface area contributed by atoms with Crippen LogP contribution in [0.4, 0.5) is 0 Å². The number of hydrogen-bond donors (Lipinski definition) is 0. The van der Waals surface area contributed by atoms with Crippen LogP contribution in [0, 0.1) is 0 Å². The lowest BCUT2D eigenvalue weighted by molar-refractivity contribution is 0.916. The fraction of sp³-hybridized carbons (Fsp3) is 0.250. The van der Waals surface area contributed by atoms with Gasteiger partial charge in [-0.1, -0.05) is 56.2 Å². The zero-order valence-corrected chi connectivity index (χ0v) is 16.9. The lowest BCUT2D eigenvalue weighted by atomic mass is 9.88. The highest BCUT2D eigenvalue weighted by Gasteiger charge is 2.21. The Labute approximate surface area is 152 Å². The second-order valence-corrected chi connectivity index (χ2v) is 8.82. The van der Waals surface area contributed by atoms with Crippen LogP contribution in [-0.4, -0.2) is 9.65 Å². The van der Waals surface area contributed by atoms with E-state index in [-0.39, 0.29) is 0 Å². The molecule has 0 radical (unpaired) electrons. The molecule has 1 aromatic carbocycles. The Morgan fingerprint density at radius 2 is 1.55 bits per heavy atom. The van der Waals surface area contributed by atoms with Gasteiger partial charge >= 0.3 is 0 Å². The highest BCUT2D eigenvalue weighted by Crippen LogP contribution is 2.35. The minimum absolute atomic E-state index is 0.362. The molecule has 1 aromatic rings. The average Bonchev–Trinajstić information content (AvgIpc) is 2.40. The van der Waals surface area contributed by atoms with E-state index in [0.29, 0.717) is 9.65 Å². The highest BCUT2D eigenvalue weighted by atomic mass is 79.9. The molecule has 0 fully saturated rings. The number of halogens is 4. The third-order valence-electron chi connectivity index (χ3n) is 3.66. The van der Waals surface area contributed by atoms with Gasteiger partial charge in [0, 0.05) is 18.6 Å². The van der Waals surface area contributed by atoms with Crippen molar-refractivity contribution >= 4 is 69.8 Å². The molecule has 20 heavy (non-hydrogen) atoms. The number of rotatable bonds is 0. The van der Waals surface area contributed by atoms with E-state index in [9.17, 15) is 0 Å². The third-order valence-corrected chi connectivity index (χ3v) is 7.88. The molecule has 2 aliphatic rings. The lowest BCUT2D eigenvalue weighted by Gasteiger charge is -2.23. The van der Waals surface area contributed by atoms with Crippen LogP contribution in [0.5, 0.6) is 0 Å². The summed E-state index contributed by atoms with van der Waals surface area (Å²) >= 11 is 14.6. The monoisotopic (exact) mass is 520 g/mol. The molecule has 0 N–H and O–H groups in total. The molecule has 0 spiro atoms. The van der Waals surface area contributed by atoms with E-state index >= 15 is 0 Å². The van der Waals surface area contributed by atoms with E-state index in [1.807, 2.05) is 0 Å². The summed E-state index contributed by atoms with van der Waals surface area (Å²) < 4.78 is 2.23. The summed E-state index contributed by atoms with van der Waals surface area (Å²) in [6.45, 7) is 0. The Balaban J connectivity index is 2.04. The first-order chi connectivity index (χ1) is 9.54. The van der Waals surface area contributed by atoms with Crippen molar-refractivity contribution in [1.29, 1.82) is 0 Å². The number of allylic oxidation sites excluding steroid dienone is 5. The van der Waals surface area contributed by atoms with Crippen LogP contribution in [0.2, 0.25) is 0 Å². The van der Waals surface area contributed by atoms with Crippen LogP contribution >= 0.6 is 63.7 Å². The molecule has 2 aliphatic carbocycles. The Kier molecular flexibility index (Phi) is 4.76. The summed E-state index contributed by atoms with van der Waals surface area (Å²) in [6.07, 6.45) is 11.2. The first-order valence-electron chi connectivity index (χ1n) is 6.41. The van der Waals surface area contributed by atoms with Crippen molar-refractivity contribution in [1.82, 2.24) is 0 Å². The van der Waals surface area contributed by atoms with E-state index in [1.54, 1.807) is 0 Å². The number of fused-ring (bicyclic) bond motifs is 2. The Bertz CT molecular complexity index is 640. The summed E-state index contributed by atoms with van der Waals surface area (Å²) in [7, 11) is 0. The van der Waals surface area contributed by atoms with E-state index in [4.69, 9.17) is 0 Å². The first kappa shape index (κ1) is 15.3. The zero-order chi connectivity index (χ0) is 14.3. The fourth-order valence-corrected chi connectivity index (χ4v) is 4.23. The van der Waals surface area contributed by atoms with Crippen molar-refractivity contribution in [2.75, 3.05) is 0 Å². The highest BCUT2D eigenvalue weighted by molar-refractivity contribution is 9.13. The second kappa shape index (κ2) is 6.23. The van der Waals surface area contributed by atoms with Crippen molar-refractivity contribution < 1.29 is 0 Å². The smallest absolute Gasteiger partial charge is 0.0494 e. The molecule has 2 atom stereocenters. The van der Waals surface area contributed by atoms with Crippen LogP contribution in [0.25, 0.3) is 6.08 Å². The standard InChI is InChI=1S/C16H12Br4/c17-13-5-9-1-2-10-6-14(18)16(20)8-12(10)4-3-11(9)7-15(13)19/h1-2,5-8,13,15H,3-4H2/b2-1-. The number of alkyl halides is 2. The number of benzene rings is 1. The van der Waals surface area contributed by atoms with Crippen LogP contribution < -0.4 is 0 Å².